The lowest BCUT2D eigenvalue weighted by molar-refractivity contribution is 0.584. The van der Waals surface area contributed by atoms with Gasteiger partial charge in [-0.25, -0.2) is 0 Å². The predicted molar refractivity (Wildman–Crippen MR) is 124 cm³/mol. The van der Waals surface area contributed by atoms with Crippen LogP contribution < -0.4 is 0 Å². The maximum absolute atomic E-state index is 6.03. The summed E-state index contributed by atoms with van der Waals surface area (Å²) < 4.78 is 8.31. The third-order valence-electron chi connectivity index (χ3n) is 5.62. The Hall–Kier alpha value is -4.18. The molecule has 0 saturated heterocycles. The highest BCUT2D eigenvalue weighted by molar-refractivity contribution is 6.09. The van der Waals surface area contributed by atoms with Crippen molar-refractivity contribution in [2.24, 2.45) is 0 Å². The van der Waals surface area contributed by atoms with Gasteiger partial charge in [-0.3, -0.25) is 0 Å². The van der Waals surface area contributed by atoms with Gasteiger partial charge in [0.25, 0.3) is 0 Å². The summed E-state index contributed by atoms with van der Waals surface area (Å²) in [7, 11) is 0. The van der Waals surface area contributed by atoms with Crippen molar-refractivity contribution >= 4 is 21.8 Å². The van der Waals surface area contributed by atoms with Gasteiger partial charge in [-0.2, -0.15) is 0 Å². The van der Waals surface area contributed by atoms with E-state index in [1.807, 2.05) is 30.3 Å². The van der Waals surface area contributed by atoms with E-state index in [9.17, 15) is 0 Å². The molecule has 0 spiro atoms. The second-order valence-corrected chi connectivity index (χ2v) is 7.70. The maximum Gasteiger partial charge on any atom is 0.248 e. The average molecular weight is 401 g/mol. The molecule has 4 nitrogen and oxygen atoms in total. The molecule has 0 radical (unpaired) electrons. The van der Waals surface area contributed by atoms with Gasteiger partial charge in [-0.1, -0.05) is 60.2 Å². The zero-order valence-electron chi connectivity index (χ0n) is 17.0. The van der Waals surface area contributed by atoms with Gasteiger partial charge in [0.05, 0.1) is 11.0 Å². The van der Waals surface area contributed by atoms with E-state index < -0.39 is 0 Å². The van der Waals surface area contributed by atoms with Crippen molar-refractivity contribution in [3.8, 4) is 28.6 Å². The van der Waals surface area contributed by atoms with E-state index in [1.165, 1.54) is 21.8 Å². The van der Waals surface area contributed by atoms with Gasteiger partial charge in [-0.05, 0) is 49.4 Å². The molecule has 0 bridgehead atoms. The first-order valence-electron chi connectivity index (χ1n) is 10.3. The molecule has 6 rings (SSSR count). The van der Waals surface area contributed by atoms with Crippen molar-refractivity contribution in [3.05, 3.63) is 103 Å². The predicted octanol–water partition coefficient (Wildman–Crippen LogP) is 6.81. The zero-order chi connectivity index (χ0) is 20.8. The quantitative estimate of drug-likeness (QED) is 0.327. The van der Waals surface area contributed by atoms with Crippen LogP contribution in [0.15, 0.2) is 101 Å². The summed E-state index contributed by atoms with van der Waals surface area (Å²) in [4.78, 5) is 0. The number of para-hydroxylation sites is 2. The molecule has 0 amide bonds. The Labute approximate surface area is 179 Å². The van der Waals surface area contributed by atoms with Crippen LogP contribution in [0.4, 0.5) is 0 Å². The maximum atomic E-state index is 6.03. The summed E-state index contributed by atoms with van der Waals surface area (Å²) in [6.07, 6.45) is 0. The molecule has 2 heterocycles. The van der Waals surface area contributed by atoms with Crippen LogP contribution in [0, 0.1) is 6.92 Å². The summed E-state index contributed by atoms with van der Waals surface area (Å²) in [6, 6.07) is 33.3. The van der Waals surface area contributed by atoms with Gasteiger partial charge in [-0.15, -0.1) is 10.2 Å². The van der Waals surface area contributed by atoms with Crippen LogP contribution in [0.1, 0.15) is 5.56 Å². The lowest BCUT2D eigenvalue weighted by Crippen LogP contribution is -1.94. The Morgan fingerprint density at radius 2 is 1.19 bits per heavy atom. The van der Waals surface area contributed by atoms with Gasteiger partial charge >= 0.3 is 0 Å². The fourth-order valence-electron chi connectivity index (χ4n) is 4.21. The van der Waals surface area contributed by atoms with E-state index in [-0.39, 0.29) is 0 Å². The number of aryl methyl sites for hydroxylation is 1. The second kappa shape index (κ2) is 6.96. The summed E-state index contributed by atoms with van der Waals surface area (Å²) in [5.74, 6) is 1.04. The number of hydrogen-bond donors (Lipinski definition) is 0. The number of hydrogen-bond acceptors (Lipinski definition) is 3. The Balaban J connectivity index is 1.49. The van der Waals surface area contributed by atoms with Gasteiger partial charge in [0.2, 0.25) is 11.8 Å². The second-order valence-electron chi connectivity index (χ2n) is 7.70. The molecule has 148 valence electrons. The summed E-state index contributed by atoms with van der Waals surface area (Å²) in [5, 5.41) is 11.1. The summed E-state index contributed by atoms with van der Waals surface area (Å²) in [6.45, 7) is 2.05. The molecule has 0 N–H and O–H groups in total. The lowest BCUT2D eigenvalue weighted by atomic mass is 10.1. The van der Waals surface area contributed by atoms with Gasteiger partial charge < -0.3 is 8.98 Å². The Kier molecular flexibility index (Phi) is 3.96. The molecular weight excluding hydrogens is 382 g/mol. The van der Waals surface area contributed by atoms with Gasteiger partial charge in [0.15, 0.2) is 0 Å². The van der Waals surface area contributed by atoms with Crippen LogP contribution >= 0.6 is 0 Å². The van der Waals surface area contributed by atoms with Crippen LogP contribution in [0.5, 0.6) is 0 Å². The van der Waals surface area contributed by atoms with Crippen molar-refractivity contribution in [1.29, 1.82) is 0 Å². The first-order valence-corrected chi connectivity index (χ1v) is 10.3. The lowest BCUT2D eigenvalue weighted by Gasteiger charge is -2.08. The van der Waals surface area contributed by atoms with Crippen LogP contribution in [-0.2, 0) is 0 Å². The SMILES string of the molecule is Cc1cccc(-c2nnc(-c3cccc(-n4c5ccccc5c5ccccc54)c3)o2)c1. The molecule has 6 aromatic rings. The third kappa shape index (κ3) is 2.92. The van der Waals surface area contributed by atoms with E-state index in [4.69, 9.17) is 4.42 Å². The molecule has 0 fully saturated rings. The van der Waals surface area contributed by atoms with Crippen molar-refractivity contribution in [2.75, 3.05) is 0 Å². The highest BCUT2D eigenvalue weighted by atomic mass is 16.4. The summed E-state index contributed by atoms with van der Waals surface area (Å²) in [5.41, 5.74) is 6.39. The normalized spacial score (nSPS) is 11.4. The number of nitrogens with zero attached hydrogens (tertiary/aromatic N) is 3. The molecule has 0 aliphatic rings. The molecule has 0 aliphatic heterocycles. The van der Waals surface area contributed by atoms with E-state index in [2.05, 4.69) is 88.4 Å². The Morgan fingerprint density at radius 3 is 1.84 bits per heavy atom. The fraction of sp³-hybridized carbons (Fsp3) is 0.0370. The van der Waals surface area contributed by atoms with Gasteiger partial charge in [0, 0.05) is 27.6 Å². The molecule has 31 heavy (non-hydrogen) atoms. The summed E-state index contributed by atoms with van der Waals surface area (Å²) >= 11 is 0. The van der Waals surface area contributed by atoms with Crippen LogP contribution in [-0.4, -0.2) is 14.8 Å². The van der Waals surface area contributed by atoms with Crippen LogP contribution in [0.25, 0.3) is 50.4 Å². The molecule has 0 unspecified atom stereocenters. The standard InChI is InChI=1S/C27H19N3O/c1-18-8-6-9-19(16-18)26-28-29-27(31-26)20-10-7-11-21(17-20)30-24-14-4-2-12-22(24)23-13-3-5-15-25(23)30/h2-17H,1H3. The van der Waals surface area contributed by atoms with E-state index in [0.29, 0.717) is 11.8 Å². The monoisotopic (exact) mass is 401 g/mol. The minimum absolute atomic E-state index is 0.513. The Bertz CT molecular complexity index is 1500. The van der Waals surface area contributed by atoms with Crippen LogP contribution in [0.3, 0.4) is 0 Å². The third-order valence-corrected chi connectivity index (χ3v) is 5.62. The van der Waals surface area contributed by atoms with Crippen LogP contribution in [0.2, 0.25) is 0 Å². The van der Waals surface area contributed by atoms with E-state index in [0.717, 1.165) is 22.4 Å². The zero-order valence-corrected chi connectivity index (χ0v) is 17.0. The molecule has 0 atom stereocenters. The van der Waals surface area contributed by atoms with E-state index in [1.54, 1.807) is 0 Å². The molecular formula is C27H19N3O. The van der Waals surface area contributed by atoms with Crippen molar-refractivity contribution in [2.45, 2.75) is 6.92 Å². The van der Waals surface area contributed by atoms with Crippen molar-refractivity contribution in [1.82, 2.24) is 14.8 Å². The molecule has 4 aromatic carbocycles. The molecule has 0 aliphatic carbocycles. The highest BCUT2D eigenvalue weighted by Crippen LogP contribution is 2.33. The first kappa shape index (κ1) is 17.7. The number of fused-ring (bicyclic) bond motifs is 3. The smallest absolute Gasteiger partial charge is 0.248 e. The minimum atomic E-state index is 0.513. The largest absolute Gasteiger partial charge is 0.416 e. The highest BCUT2D eigenvalue weighted by Gasteiger charge is 2.14. The molecule has 4 heteroatoms. The van der Waals surface area contributed by atoms with Crippen molar-refractivity contribution < 1.29 is 4.42 Å². The van der Waals surface area contributed by atoms with E-state index >= 15 is 0 Å². The average Bonchev–Trinajstić information content (AvgIpc) is 3.43. The number of benzene rings is 4. The number of rotatable bonds is 3. The first-order chi connectivity index (χ1) is 15.3. The van der Waals surface area contributed by atoms with Crippen molar-refractivity contribution in [3.63, 3.8) is 0 Å². The Morgan fingerprint density at radius 1 is 0.613 bits per heavy atom. The molecule has 2 aromatic heterocycles. The minimum Gasteiger partial charge on any atom is -0.416 e. The number of aromatic nitrogens is 3. The fourth-order valence-corrected chi connectivity index (χ4v) is 4.21. The molecule has 0 saturated carbocycles. The van der Waals surface area contributed by atoms with Gasteiger partial charge in [0.1, 0.15) is 0 Å². The topological polar surface area (TPSA) is 43.9 Å².